The third-order valence-electron chi connectivity index (χ3n) is 8.48. The molecule has 4 fully saturated rings. The molecule has 2 aliphatic carbocycles. The summed E-state index contributed by atoms with van der Waals surface area (Å²) in [6, 6.07) is 2.14. The first kappa shape index (κ1) is 23.6. The first-order valence-corrected chi connectivity index (χ1v) is 12.7. The molecule has 4 atom stereocenters. The lowest BCUT2D eigenvalue weighted by atomic mass is 9.57. The monoisotopic (exact) mass is 472 g/mol. The molecule has 9 nitrogen and oxygen atoms in total. The maximum absolute atomic E-state index is 13.7. The van der Waals surface area contributed by atoms with Crippen molar-refractivity contribution in [1.82, 2.24) is 14.9 Å². The number of rotatable bonds is 5. The number of likely N-dealkylation sites (tertiary alicyclic amines) is 1. The van der Waals surface area contributed by atoms with E-state index in [1.807, 2.05) is 6.92 Å². The Labute approximate surface area is 200 Å². The average molecular weight is 473 g/mol. The van der Waals surface area contributed by atoms with Gasteiger partial charge in [-0.2, -0.15) is 4.98 Å². The molecule has 0 bridgehead atoms. The number of ketones is 1. The number of likely N-dealkylation sites (N-methyl/N-ethyl adjacent to an activating group) is 1. The Bertz CT molecular complexity index is 930. The number of nitrogens with zero attached hydrogens (tertiary/aromatic N) is 4. The summed E-state index contributed by atoms with van der Waals surface area (Å²) in [4.78, 5) is 24.7. The molecule has 2 spiro atoms. The molecule has 0 amide bonds. The highest BCUT2D eigenvalue weighted by Crippen LogP contribution is 2.56. The highest BCUT2D eigenvalue weighted by molar-refractivity contribution is 6.14. The number of oxime groups is 1. The highest BCUT2D eigenvalue weighted by atomic mass is 16.7. The van der Waals surface area contributed by atoms with E-state index < -0.39 is 17.1 Å². The van der Waals surface area contributed by atoms with E-state index in [1.54, 1.807) is 12.3 Å². The van der Waals surface area contributed by atoms with Gasteiger partial charge in [0.15, 0.2) is 11.6 Å². The van der Waals surface area contributed by atoms with Crippen molar-refractivity contribution in [2.75, 3.05) is 26.8 Å². The third kappa shape index (κ3) is 3.91. The summed E-state index contributed by atoms with van der Waals surface area (Å²) in [5.41, 5.74) is 0.203. The molecule has 4 aliphatic rings. The first-order chi connectivity index (χ1) is 16.5. The second kappa shape index (κ2) is 9.51. The Morgan fingerprint density at radius 1 is 1.21 bits per heavy atom. The molecule has 1 unspecified atom stereocenters. The van der Waals surface area contributed by atoms with Crippen molar-refractivity contribution >= 4 is 11.5 Å². The number of carbonyl (C=O) groups excluding carboxylic acids is 1. The summed E-state index contributed by atoms with van der Waals surface area (Å²) in [5.74, 6) is -1.53. The predicted octanol–water partition coefficient (Wildman–Crippen LogP) is 3.45. The van der Waals surface area contributed by atoms with Crippen LogP contribution in [0.15, 0.2) is 17.4 Å². The number of ether oxygens (including phenoxy) is 3. The van der Waals surface area contributed by atoms with Crippen molar-refractivity contribution in [2.45, 2.75) is 82.6 Å². The van der Waals surface area contributed by atoms with E-state index in [1.165, 1.54) is 0 Å². The molecule has 1 aromatic heterocycles. The van der Waals surface area contributed by atoms with E-state index in [4.69, 9.17) is 14.2 Å². The SMILES string of the molecule is C[C@H](Oc1nccc(C(=O)C2CCC[C@@]3(CCCCC34OCCO4)/C2=N/O)n1)[C@@H]1CCCN1C. The van der Waals surface area contributed by atoms with Crippen molar-refractivity contribution in [2.24, 2.45) is 16.5 Å². The molecule has 9 heteroatoms. The zero-order valence-electron chi connectivity index (χ0n) is 20.2. The van der Waals surface area contributed by atoms with Gasteiger partial charge in [0.1, 0.15) is 11.8 Å². The van der Waals surface area contributed by atoms with Gasteiger partial charge in [0.25, 0.3) is 0 Å². The molecule has 2 saturated carbocycles. The first-order valence-electron chi connectivity index (χ1n) is 12.7. The van der Waals surface area contributed by atoms with Gasteiger partial charge in [-0.25, -0.2) is 4.98 Å². The molecule has 0 radical (unpaired) electrons. The van der Waals surface area contributed by atoms with Crippen LogP contribution in [0.4, 0.5) is 0 Å². The second-order valence-corrected chi connectivity index (χ2v) is 10.3. The van der Waals surface area contributed by atoms with Gasteiger partial charge >= 0.3 is 6.01 Å². The molecular formula is C25H36N4O5. The lowest BCUT2D eigenvalue weighted by Crippen LogP contribution is -2.60. The fourth-order valence-electron chi connectivity index (χ4n) is 6.84. The summed E-state index contributed by atoms with van der Waals surface area (Å²) < 4.78 is 18.4. The topological polar surface area (TPSA) is 106 Å². The Balaban J connectivity index is 1.38. The lowest BCUT2D eigenvalue weighted by molar-refractivity contribution is -0.238. The number of Topliss-reactive ketones (excluding diaryl/α,β-unsaturated/α-hetero) is 1. The van der Waals surface area contributed by atoms with Gasteiger partial charge in [0.2, 0.25) is 0 Å². The Hall–Kier alpha value is -2.10. The summed E-state index contributed by atoms with van der Waals surface area (Å²) in [6.07, 6.45) is 9.49. The Kier molecular flexibility index (Phi) is 6.61. The fourth-order valence-corrected chi connectivity index (χ4v) is 6.84. The maximum atomic E-state index is 13.7. The van der Waals surface area contributed by atoms with Crippen molar-refractivity contribution in [3.05, 3.63) is 18.0 Å². The van der Waals surface area contributed by atoms with Crippen LogP contribution in [0.5, 0.6) is 6.01 Å². The fraction of sp³-hybridized carbons (Fsp3) is 0.760. The maximum Gasteiger partial charge on any atom is 0.317 e. The largest absolute Gasteiger partial charge is 0.459 e. The zero-order chi connectivity index (χ0) is 23.8. The van der Waals surface area contributed by atoms with Gasteiger partial charge in [0.05, 0.1) is 30.3 Å². The van der Waals surface area contributed by atoms with Gasteiger partial charge in [-0.05, 0) is 65.1 Å². The van der Waals surface area contributed by atoms with Crippen LogP contribution in [0.3, 0.4) is 0 Å². The molecule has 34 heavy (non-hydrogen) atoms. The van der Waals surface area contributed by atoms with E-state index in [2.05, 4.69) is 27.1 Å². The van der Waals surface area contributed by atoms with E-state index in [9.17, 15) is 10.0 Å². The van der Waals surface area contributed by atoms with Gasteiger partial charge < -0.3 is 19.4 Å². The van der Waals surface area contributed by atoms with E-state index in [0.717, 1.165) is 57.9 Å². The zero-order valence-corrected chi connectivity index (χ0v) is 20.2. The van der Waals surface area contributed by atoms with Crippen LogP contribution >= 0.6 is 0 Å². The predicted molar refractivity (Wildman–Crippen MR) is 124 cm³/mol. The minimum atomic E-state index is -0.797. The van der Waals surface area contributed by atoms with Crippen LogP contribution in [-0.2, 0) is 9.47 Å². The van der Waals surface area contributed by atoms with Crippen LogP contribution in [0.1, 0.15) is 75.2 Å². The van der Waals surface area contributed by atoms with Crippen molar-refractivity contribution in [3.8, 4) is 6.01 Å². The average Bonchev–Trinajstić information content (AvgIpc) is 3.50. The molecule has 2 saturated heterocycles. The molecule has 1 N–H and O–H groups in total. The molecule has 2 aliphatic heterocycles. The number of hydrogen-bond acceptors (Lipinski definition) is 9. The number of carbonyl (C=O) groups is 1. The van der Waals surface area contributed by atoms with Crippen molar-refractivity contribution in [3.63, 3.8) is 0 Å². The number of hydrogen-bond donors (Lipinski definition) is 1. The minimum absolute atomic E-state index is 0.0795. The van der Waals surface area contributed by atoms with E-state index in [0.29, 0.717) is 37.1 Å². The van der Waals surface area contributed by atoms with Crippen LogP contribution in [-0.4, -0.2) is 76.3 Å². The highest BCUT2D eigenvalue weighted by Gasteiger charge is 2.62. The third-order valence-corrected chi connectivity index (χ3v) is 8.48. The summed E-state index contributed by atoms with van der Waals surface area (Å²) in [5, 5.41) is 14.0. The Morgan fingerprint density at radius 2 is 1.97 bits per heavy atom. The molecule has 0 aromatic carbocycles. The molecule has 186 valence electrons. The lowest BCUT2D eigenvalue weighted by Gasteiger charge is -2.53. The van der Waals surface area contributed by atoms with E-state index >= 15 is 0 Å². The minimum Gasteiger partial charge on any atom is -0.459 e. The van der Waals surface area contributed by atoms with E-state index in [-0.39, 0.29) is 17.9 Å². The van der Waals surface area contributed by atoms with Crippen LogP contribution < -0.4 is 4.74 Å². The molecular weight excluding hydrogens is 436 g/mol. The van der Waals surface area contributed by atoms with Crippen molar-refractivity contribution in [1.29, 1.82) is 0 Å². The van der Waals surface area contributed by atoms with Crippen LogP contribution in [0, 0.1) is 11.3 Å². The smallest absolute Gasteiger partial charge is 0.317 e. The van der Waals surface area contributed by atoms with Gasteiger partial charge in [-0.15, -0.1) is 0 Å². The quantitative estimate of drug-likeness (QED) is 0.395. The van der Waals surface area contributed by atoms with Gasteiger partial charge in [-0.3, -0.25) is 9.69 Å². The Morgan fingerprint density at radius 3 is 2.71 bits per heavy atom. The van der Waals surface area contributed by atoms with Gasteiger partial charge in [0, 0.05) is 18.7 Å². The summed E-state index contributed by atoms with van der Waals surface area (Å²) in [6.45, 7) is 4.13. The number of fused-ring (bicyclic) bond motifs is 1. The second-order valence-electron chi connectivity index (χ2n) is 10.3. The van der Waals surface area contributed by atoms with Crippen molar-refractivity contribution < 1.29 is 24.2 Å². The van der Waals surface area contributed by atoms with Crippen LogP contribution in [0.25, 0.3) is 0 Å². The van der Waals surface area contributed by atoms with Crippen LogP contribution in [0.2, 0.25) is 0 Å². The number of aromatic nitrogens is 2. The normalized spacial score (nSPS) is 33.5. The van der Waals surface area contributed by atoms with Gasteiger partial charge in [-0.1, -0.05) is 18.0 Å². The molecule has 5 rings (SSSR count). The summed E-state index contributed by atoms with van der Waals surface area (Å²) >= 11 is 0. The standard InChI is InChI=1S/C25H36N4O5/c1-17(20-8-6-14-29(20)2)34-23-26-13-9-19(27-23)21(30)18-7-5-11-24(22(18)28-31)10-3-4-12-25(24)32-15-16-33-25/h9,13,17-18,20,31H,3-8,10-12,14-16H2,1-2H3/b28-22+/t17-,18?,20-,24-/m0/s1. The molecule has 1 aromatic rings. The summed E-state index contributed by atoms with van der Waals surface area (Å²) in [7, 11) is 2.10. The molecule has 3 heterocycles.